The summed E-state index contributed by atoms with van der Waals surface area (Å²) in [5, 5.41) is 2.75. The Morgan fingerprint density at radius 1 is 1.09 bits per heavy atom. The number of benzene rings is 1. The van der Waals surface area contributed by atoms with Crippen molar-refractivity contribution in [1.29, 1.82) is 0 Å². The number of likely N-dealkylation sites (tertiary alicyclic amines) is 1. The van der Waals surface area contributed by atoms with Gasteiger partial charge in [0, 0.05) is 25.9 Å². The first kappa shape index (κ1) is 25.4. The average Bonchev–Trinajstić information content (AvgIpc) is 3.24. The maximum Gasteiger partial charge on any atom is 0.417 e. The summed E-state index contributed by atoms with van der Waals surface area (Å²) in [5.74, 6) is 0. The summed E-state index contributed by atoms with van der Waals surface area (Å²) >= 11 is 0. The van der Waals surface area contributed by atoms with Crippen molar-refractivity contribution in [3.05, 3.63) is 83.2 Å². The number of likely N-dealkylation sites (N-methyl/N-ethyl adjacent to an activating group) is 1. The lowest BCUT2D eigenvalue weighted by atomic mass is 9.85. The van der Waals surface area contributed by atoms with Crippen molar-refractivity contribution >= 4 is 0 Å². The van der Waals surface area contributed by atoms with E-state index < -0.39 is 35.3 Å². The number of alkyl halides is 6. The third-order valence-electron chi connectivity index (χ3n) is 6.80. The molecule has 0 bridgehead atoms. The number of dihydropyridines is 1. The van der Waals surface area contributed by atoms with E-state index >= 15 is 0 Å². The molecule has 0 spiro atoms. The van der Waals surface area contributed by atoms with E-state index in [4.69, 9.17) is 4.74 Å². The van der Waals surface area contributed by atoms with Gasteiger partial charge in [-0.15, -0.1) is 0 Å². The number of allylic oxidation sites excluding steroid dienone is 2. The first-order valence-electron chi connectivity index (χ1n) is 11.3. The number of nitrogens with one attached hydrogen (secondary N) is 1. The van der Waals surface area contributed by atoms with E-state index in [1.54, 1.807) is 4.90 Å². The molecule has 3 aliphatic heterocycles. The highest BCUT2D eigenvalue weighted by Gasteiger charge is 2.55. The third-order valence-corrected chi connectivity index (χ3v) is 6.80. The molecule has 3 aliphatic rings. The van der Waals surface area contributed by atoms with Gasteiger partial charge in [0.2, 0.25) is 0 Å². The number of hydrogen-bond donors (Lipinski definition) is 1. The molecular formula is C25H27F6N3O. The van der Waals surface area contributed by atoms with Crippen LogP contribution in [0.15, 0.2) is 72.1 Å². The molecule has 35 heavy (non-hydrogen) atoms. The van der Waals surface area contributed by atoms with Crippen LogP contribution in [0.5, 0.6) is 0 Å². The van der Waals surface area contributed by atoms with Crippen LogP contribution in [0.4, 0.5) is 26.3 Å². The lowest BCUT2D eigenvalue weighted by Gasteiger charge is -2.48. The Bertz CT molecular complexity index is 1040. The fraction of sp³-hybridized carbons (Fsp3) is 0.440. The predicted octanol–water partition coefficient (Wildman–Crippen LogP) is 5.54. The SMILES string of the molecule is COC1(C(c2ccc(C(F)(F)F)cc2)N2C=C([C@@H]3CCCN3C)C=CC2)NC=CC=C1C(F)(F)F. The lowest BCUT2D eigenvalue weighted by Crippen LogP contribution is -2.59. The molecule has 0 saturated carbocycles. The number of methoxy groups -OCH3 is 1. The van der Waals surface area contributed by atoms with Crippen molar-refractivity contribution in [1.82, 2.24) is 15.1 Å². The molecule has 1 aromatic rings. The van der Waals surface area contributed by atoms with Gasteiger partial charge in [-0.1, -0.05) is 24.3 Å². The zero-order valence-corrected chi connectivity index (χ0v) is 19.3. The van der Waals surface area contributed by atoms with E-state index in [0.29, 0.717) is 0 Å². The van der Waals surface area contributed by atoms with E-state index in [1.807, 2.05) is 25.4 Å². The molecule has 1 fully saturated rings. The molecule has 4 rings (SSSR count). The molecule has 0 amide bonds. The minimum Gasteiger partial charge on any atom is -0.361 e. The number of rotatable bonds is 5. The van der Waals surface area contributed by atoms with Crippen LogP contribution < -0.4 is 5.32 Å². The third kappa shape index (κ3) is 4.86. The smallest absolute Gasteiger partial charge is 0.361 e. The number of ether oxygens (including phenoxy) is 1. The van der Waals surface area contributed by atoms with E-state index in [1.165, 1.54) is 24.4 Å². The quantitative estimate of drug-likeness (QED) is 0.538. The van der Waals surface area contributed by atoms with Gasteiger partial charge in [-0.05, 0) is 68.1 Å². The van der Waals surface area contributed by atoms with Gasteiger partial charge in [-0.3, -0.25) is 4.90 Å². The van der Waals surface area contributed by atoms with Crippen molar-refractivity contribution in [3.8, 4) is 0 Å². The molecule has 0 radical (unpaired) electrons. The van der Waals surface area contributed by atoms with E-state index in [9.17, 15) is 26.3 Å². The molecular weight excluding hydrogens is 472 g/mol. The molecule has 2 unspecified atom stereocenters. The summed E-state index contributed by atoms with van der Waals surface area (Å²) in [5.41, 5.74) is -2.76. The Labute approximate surface area is 200 Å². The molecule has 3 heterocycles. The normalized spacial score (nSPS) is 26.4. The summed E-state index contributed by atoms with van der Waals surface area (Å²) in [6.07, 6.45) is 1.75. The Morgan fingerprint density at radius 2 is 1.80 bits per heavy atom. The van der Waals surface area contributed by atoms with Crippen molar-refractivity contribution in [2.75, 3.05) is 27.2 Å². The van der Waals surface area contributed by atoms with Crippen LogP contribution in [0.1, 0.15) is 30.0 Å². The van der Waals surface area contributed by atoms with Gasteiger partial charge in [0.05, 0.1) is 11.1 Å². The minimum atomic E-state index is -4.75. The van der Waals surface area contributed by atoms with Gasteiger partial charge in [0.25, 0.3) is 0 Å². The van der Waals surface area contributed by atoms with Gasteiger partial charge < -0.3 is 15.0 Å². The van der Waals surface area contributed by atoms with Crippen molar-refractivity contribution in [2.45, 2.75) is 43.0 Å². The summed E-state index contributed by atoms with van der Waals surface area (Å²) in [4.78, 5) is 3.89. The molecule has 4 nitrogen and oxygen atoms in total. The van der Waals surface area contributed by atoms with E-state index in [2.05, 4.69) is 10.2 Å². The van der Waals surface area contributed by atoms with Crippen LogP contribution in [0.25, 0.3) is 0 Å². The zero-order chi connectivity index (χ0) is 25.4. The van der Waals surface area contributed by atoms with Gasteiger partial charge >= 0.3 is 12.4 Å². The van der Waals surface area contributed by atoms with E-state index in [-0.39, 0.29) is 18.2 Å². The zero-order valence-electron chi connectivity index (χ0n) is 19.3. The highest BCUT2D eigenvalue weighted by molar-refractivity contribution is 5.40. The Kier molecular flexibility index (Phi) is 6.80. The predicted molar refractivity (Wildman–Crippen MR) is 120 cm³/mol. The number of hydrogen-bond acceptors (Lipinski definition) is 4. The summed E-state index contributed by atoms with van der Waals surface area (Å²) in [7, 11) is 3.16. The van der Waals surface area contributed by atoms with Crippen LogP contribution in [0.2, 0.25) is 0 Å². The molecule has 1 N–H and O–H groups in total. The minimum absolute atomic E-state index is 0.109. The van der Waals surface area contributed by atoms with Crippen LogP contribution in [-0.2, 0) is 10.9 Å². The summed E-state index contributed by atoms with van der Waals surface area (Å²) in [6, 6.07) is 3.19. The fourth-order valence-electron chi connectivity index (χ4n) is 5.15. The molecule has 1 saturated heterocycles. The highest BCUT2D eigenvalue weighted by atomic mass is 19.4. The molecule has 0 aromatic heterocycles. The average molecular weight is 499 g/mol. The largest absolute Gasteiger partial charge is 0.417 e. The second-order valence-corrected chi connectivity index (χ2v) is 8.91. The van der Waals surface area contributed by atoms with Crippen molar-refractivity contribution in [2.24, 2.45) is 0 Å². The van der Waals surface area contributed by atoms with Crippen LogP contribution >= 0.6 is 0 Å². The van der Waals surface area contributed by atoms with Gasteiger partial charge in [0.1, 0.15) is 6.04 Å². The maximum atomic E-state index is 14.2. The van der Waals surface area contributed by atoms with Gasteiger partial charge in [0.15, 0.2) is 5.72 Å². The molecule has 1 aromatic carbocycles. The molecule has 10 heteroatoms. The number of nitrogens with zero attached hydrogens (tertiary/aromatic N) is 2. The first-order chi connectivity index (χ1) is 16.5. The standard InChI is InChI=1S/C25H27F6N3O/c1-33-14-5-7-20(33)18-6-4-15-34(16-18)22(17-9-11-19(12-10-17)24(26,27)28)23(35-2)21(25(29,30)31)8-3-13-32-23/h3-4,6,8-13,16,20,22,32H,5,7,14-15H2,1-2H3/t20-,22?,23?/m0/s1. The summed E-state index contributed by atoms with van der Waals surface area (Å²) in [6.45, 7) is 1.17. The fourth-order valence-corrected chi connectivity index (χ4v) is 5.15. The van der Waals surface area contributed by atoms with Crippen molar-refractivity contribution in [3.63, 3.8) is 0 Å². The van der Waals surface area contributed by atoms with Crippen LogP contribution in [-0.4, -0.2) is 55.0 Å². The van der Waals surface area contributed by atoms with Gasteiger partial charge in [-0.2, -0.15) is 26.3 Å². The topological polar surface area (TPSA) is 27.7 Å². The Morgan fingerprint density at radius 3 is 2.37 bits per heavy atom. The highest BCUT2D eigenvalue weighted by Crippen LogP contribution is 2.47. The Balaban J connectivity index is 1.84. The van der Waals surface area contributed by atoms with Crippen LogP contribution in [0, 0.1) is 0 Å². The van der Waals surface area contributed by atoms with Crippen LogP contribution in [0.3, 0.4) is 0 Å². The molecule has 0 aliphatic carbocycles. The van der Waals surface area contributed by atoms with Gasteiger partial charge in [-0.25, -0.2) is 0 Å². The molecule has 190 valence electrons. The second kappa shape index (κ2) is 9.39. The second-order valence-electron chi connectivity index (χ2n) is 8.91. The first-order valence-corrected chi connectivity index (χ1v) is 11.3. The summed E-state index contributed by atoms with van der Waals surface area (Å²) < 4.78 is 87.9. The number of halogens is 6. The Hall–Kier alpha value is -2.72. The van der Waals surface area contributed by atoms with E-state index in [0.717, 1.165) is 50.3 Å². The monoisotopic (exact) mass is 499 g/mol. The van der Waals surface area contributed by atoms with Crippen molar-refractivity contribution < 1.29 is 31.1 Å². The maximum absolute atomic E-state index is 14.2. The lowest BCUT2D eigenvalue weighted by molar-refractivity contribution is -0.149. The molecule has 3 atom stereocenters.